The zero-order valence-corrected chi connectivity index (χ0v) is 15.0. The molecule has 24 heavy (non-hydrogen) atoms. The fourth-order valence-corrected chi connectivity index (χ4v) is 3.66. The molecule has 0 atom stereocenters. The summed E-state index contributed by atoms with van der Waals surface area (Å²) in [4.78, 5) is 15.9. The van der Waals surface area contributed by atoms with Gasteiger partial charge in [-0.15, -0.1) is 0 Å². The first kappa shape index (κ1) is 16.6. The van der Waals surface area contributed by atoms with Crippen LogP contribution in [-0.4, -0.2) is 25.4 Å². The zero-order valence-electron chi connectivity index (χ0n) is 14.2. The number of aliphatic carboxylic acids is 1. The van der Waals surface area contributed by atoms with Crippen LogP contribution in [0.25, 0.3) is 16.5 Å². The monoisotopic (exact) mass is 340 g/mol. The maximum Gasteiger partial charge on any atom is 0.319 e. The van der Waals surface area contributed by atoms with Crippen LogP contribution in [0.15, 0.2) is 47.8 Å². The molecule has 5 heteroatoms. The first-order valence-electron chi connectivity index (χ1n) is 7.77. The Kier molecular flexibility index (Phi) is 4.13. The molecule has 0 aliphatic rings. The van der Waals surface area contributed by atoms with E-state index in [1.165, 1.54) is 22.7 Å². The molecule has 0 amide bonds. The Morgan fingerprint density at radius 2 is 1.79 bits per heavy atom. The molecule has 0 aliphatic carbocycles. The summed E-state index contributed by atoms with van der Waals surface area (Å²) in [5.41, 5.74) is 3.22. The highest BCUT2D eigenvalue weighted by molar-refractivity contribution is 8.01. The van der Waals surface area contributed by atoms with Gasteiger partial charge >= 0.3 is 5.97 Å². The quantitative estimate of drug-likeness (QED) is 0.705. The Morgan fingerprint density at radius 1 is 1.12 bits per heavy atom. The van der Waals surface area contributed by atoms with E-state index in [4.69, 9.17) is 0 Å². The van der Waals surface area contributed by atoms with E-state index in [-0.39, 0.29) is 0 Å². The van der Waals surface area contributed by atoms with E-state index in [9.17, 15) is 9.90 Å². The SMILES string of the molecule is Cc1ccc(-n2c(C)cnc2SC(C)(C)C(=O)O)c2ccccc12. The molecule has 1 N–H and O–H groups in total. The number of rotatable bonds is 4. The summed E-state index contributed by atoms with van der Waals surface area (Å²) in [7, 11) is 0. The summed E-state index contributed by atoms with van der Waals surface area (Å²) >= 11 is 1.26. The van der Waals surface area contributed by atoms with Crippen LogP contribution in [0.4, 0.5) is 0 Å². The standard InChI is InChI=1S/C19H20N2O2S/c1-12-9-10-16(15-8-6-5-7-14(12)15)21-13(2)11-20-18(21)24-19(3,4)17(22)23/h5-11H,1-4H3,(H,22,23). The van der Waals surface area contributed by atoms with Crippen molar-refractivity contribution in [3.63, 3.8) is 0 Å². The minimum Gasteiger partial charge on any atom is -0.480 e. The van der Waals surface area contributed by atoms with Crippen molar-refractivity contribution in [1.29, 1.82) is 0 Å². The molecule has 4 nitrogen and oxygen atoms in total. The van der Waals surface area contributed by atoms with E-state index in [1.54, 1.807) is 20.0 Å². The maximum atomic E-state index is 11.5. The molecule has 0 bridgehead atoms. The fourth-order valence-electron chi connectivity index (χ4n) is 2.68. The highest BCUT2D eigenvalue weighted by Crippen LogP contribution is 2.36. The number of hydrogen-bond acceptors (Lipinski definition) is 3. The van der Waals surface area contributed by atoms with Crippen molar-refractivity contribution in [2.45, 2.75) is 37.6 Å². The van der Waals surface area contributed by atoms with E-state index in [2.05, 4.69) is 36.2 Å². The first-order valence-corrected chi connectivity index (χ1v) is 8.58. The van der Waals surface area contributed by atoms with Gasteiger partial charge in [-0.3, -0.25) is 9.36 Å². The number of carbonyl (C=O) groups is 1. The molecule has 1 aromatic heterocycles. The van der Waals surface area contributed by atoms with Crippen molar-refractivity contribution in [1.82, 2.24) is 9.55 Å². The molecule has 2 aromatic carbocycles. The van der Waals surface area contributed by atoms with Crippen LogP contribution in [0.3, 0.4) is 0 Å². The predicted molar refractivity (Wildman–Crippen MR) is 98.1 cm³/mol. The van der Waals surface area contributed by atoms with E-state index in [0.717, 1.165) is 16.8 Å². The van der Waals surface area contributed by atoms with Crippen molar-refractivity contribution in [2.24, 2.45) is 0 Å². The Morgan fingerprint density at radius 3 is 2.46 bits per heavy atom. The number of thioether (sulfide) groups is 1. The lowest BCUT2D eigenvalue weighted by Crippen LogP contribution is -2.27. The normalized spacial score (nSPS) is 11.8. The molecular formula is C19H20N2O2S. The largest absolute Gasteiger partial charge is 0.480 e. The number of carboxylic acids is 1. The molecule has 3 aromatic rings. The van der Waals surface area contributed by atoms with Gasteiger partial charge in [-0.2, -0.15) is 0 Å². The molecular weight excluding hydrogens is 320 g/mol. The second kappa shape index (κ2) is 5.98. The van der Waals surface area contributed by atoms with Gasteiger partial charge in [0.2, 0.25) is 0 Å². The maximum absolute atomic E-state index is 11.5. The van der Waals surface area contributed by atoms with Gasteiger partial charge in [-0.1, -0.05) is 42.1 Å². The molecule has 3 rings (SSSR count). The summed E-state index contributed by atoms with van der Waals surface area (Å²) in [5.74, 6) is -0.853. The Hall–Kier alpha value is -2.27. The van der Waals surface area contributed by atoms with E-state index >= 15 is 0 Å². The van der Waals surface area contributed by atoms with Gasteiger partial charge in [-0.25, -0.2) is 4.98 Å². The Bertz CT molecular complexity index is 928. The Balaban J connectivity index is 2.20. The third-order valence-corrected chi connectivity index (χ3v) is 5.28. The number of aryl methyl sites for hydroxylation is 2. The number of fused-ring (bicyclic) bond motifs is 1. The summed E-state index contributed by atoms with van der Waals surface area (Å²) in [6.07, 6.45) is 1.79. The van der Waals surface area contributed by atoms with Gasteiger partial charge in [0.05, 0.1) is 5.69 Å². The first-order chi connectivity index (χ1) is 11.3. The molecule has 0 fully saturated rings. The van der Waals surface area contributed by atoms with Crippen LogP contribution in [-0.2, 0) is 4.79 Å². The van der Waals surface area contributed by atoms with Crippen molar-refractivity contribution >= 4 is 28.5 Å². The van der Waals surface area contributed by atoms with Gasteiger partial charge in [0.25, 0.3) is 0 Å². The molecule has 124 valence electrons. The summed E-state index contributed by atoms with van der Waals surface area (Å²) in [6.45, 7) is 7.47. The zero-order chi connectivity index (χ0) is 17.5. The lowest BCUT2D eigenvalue weighted by Gasteiger charge is -2.20. The van der Waals surface area contributed by atoms with Gasteiger partial charge in [-0.05, 0) is 44.7 Å². The lowest BCUT2D eigenvalue weighted by atomic mass is 10.0. The summed E-state index contributed by atoms with van der Waals surface area (Å²) in [5, 5.41) is 12.4. The number of nitrogens with zero attached hydrogens (tertiary/aromatic N) is 2. The molecule has 0 spiro atoms. The second-order valence-corrected chi connectivity index (χ2v) is 7.97. The van der Waals surface area contributed by atoms with Crippen LogP contribution in [0.1, 0.15) is 25.1 Å². The highest BCUT2D eigenvalue weighted by Gasteiger charge is 2.31. The fraction of sp³-hybridized carbons (Fsp3) is 0.263. The topological polar surface area (TPSA) is 55.1 Å². The van der Waals surface area contributed by atoms with Gasteiger partial charge < -0.3 is 5.11 Å². The Labute approximate surface area is 145 Å². The molecule has 0 radical (unpaired) electrons. The number of hydrogen-bond donors (Lipinski definition) is 1. The second-order valence-electron chi connectivity index (χ2n) is 6.38. The van der Waals surface area contributed by atoms with Gasteiger partial charge in [0.1, 0.15) is 4.75 Å². The summed E-state index contributed by atoms with van der Waals surface area (Å²) in [6, 6.07) is 12.4. The number of imidazole rings is 1. The van der Waals surface area contributed by atoms with Gasteiger partial charge in [0, 0.05) is 17.3 Å². The lowest BCUT2D eigenvalue weighted by molar-refractivity contribution is -0.138. The summed E-state index contributed by atoms with van der Waals surface area (Å²) < 4.78 is 1.09. The predicted octanol–water partition coefficient (Wildman–Crippen LogP) is 4.60. The van der Waals surface area contributed by atoms with Crippen LogP contribution in [0, 0.1) is 13.8 Å². The van der Waals surface area contributed by atoms with E-state index in [1.807, 2.05) is 23.6 Å². The van der Waals surface area contributed by atoms with Crippen molar-refractivity contribution in [2.75, 3.05) is 0 Å². The van der Waals surface area contributed by atoms with Crippen LogP contribution in [0.5, 0.6) is 0 Å². The highest BCUT2D eigenvalue weighted by atomic mass is 32.2. The number of benzene rings is 2. The van der Waals surface area contributed by atoms with E-state index in [0.29, 0.717) is 5.16 Å². The van der Waals surface area contributed by atoms with Crippen molar-refractivity contribution in [3.8, 4) is 5.69 Å². The average molecular weight is 340 g/mol. The van der Waals surface area contributed by atoms with Crippen LogP contribution in [0.2, 0.25) is 0 Å². The third-order valence-electron chi connectivity index (χ3n) is 4.13. The van der Waals surface area contributed by atoms with E-state index < -0.39 is 10.7 Å². The third kappa shape index (κ3) is 2.80. The molecule has 1 heterocycles. The van der Waals surface area contributed by atoms with Crippen LogP contribution < -0.4 is 0 Å². The van der Waals surface area contributed by atoms with Crippen LogP contribution >= 0.6 is 11.8 Å². The van der Waals surface area contributed by atoms with Gasteiger partial charge in [0.15, 0.2) is 5.16 Å². The number of aromatic nitrogens is 2. The molecule has 0 unspecified atom stereocenters. The van der Waals surface area contributed by atoms with Crippen molar-refractivity contribution < 1.29 is 9.90 Å². The minimum atomic E-state index is -0.948. The smallest absolute Gasteiger partial charge is 0.319 e. The van der Waals surface area contributed by atoms with Crippen molar-refractivity contribution in [3.05, 3.63) is 53.9 Å². The molecule has 0 aliphatic heterocycles. The minimum absolute atomic E-state index is 0.689. The number of carboxylic acid groups (broad SMARTS) is 1. The molecule has 0 saturated heterocycles. The average Bonchev–Trinajstić information content (AvgIpc) is 2.88. The molecule has 0 saturated carbocycles.